The molecule has 178 valence electrons. The summed E-state index contributed by atoms with van der Waals surface area (Å²) in [7, 11) is 0. The highest BCUT2D eigenvalue weighted by Crippen LogP contribution is 2.29. The molecule has 36 heavy (non-hydrogen) atoms. The number of benzene rings is 2. The van der Waals surface area contributed by atoms with Gasteiger partial charge in [-0.3, -0.25) is 9.59 Å². The summed E-state index contributed by atoms with van der Waals surface area (Å²) < 4.78 is 10.6. The number of nitrogens with zero attached hydrogens (tertiary/aromatic N) is 2. The molecule has 0 fully saturated rings. The Labute approximate surface area is 209 Å². The Morgan fingerprint density at radius 1 is 0.972 bits per heavy atom. The third-order valence-corrected chi connectivity index (χ3v) is 6.34. The van der Waals surface area contributed by atoms with Crippen LogP contribution >= 0.6 is 11.3 Å². The summed E-state index contributed by atoms with van der Waals surface area (Å²) in [6, 6.07) is 20.6. The lowest BCUT2D eigenvalue weighted by atomic mass is 10.1. The molecule has 0 aliphatic carbocycles. The first-order valence-electron chi connectivity index (χ1n) is 11.0. The maximum atomic E-state index is 13.0. The second-order valence-corrected chi connectivity index (χ2v) is 8.82. The highest BCUT2D eigenvalue weighted by Gasteiger charge is 2.22. The Morgan fingerprint density at radius 3 is 2.47 bits per heavy atom. The maximum absolute atomic E-state index is 13.0. The number of carbonyl (C=O) groups excluding carboxylic acids is 3. The average molecular weight is 498 g/mol. The number of anilines is 1. The summed E-state index contributed by atoms with van der Waals surface area (Å²) >= 11 is 1.47. The number of carbonyl (C=O) groups is 3. The standard InChI is InChI=1S/C27H19N3O5S/c1-16-24-20(14-21(23-8-5-13-36-23)29-26(24)35-30-16)27(33)34-15-22(31)17-9-11-19(12-10-17)28-25(32)18-6-3-2-4-7-18/h2-14H,15H2,1H3,(H,28,32). The lowest BCUT2D eigenvalue weighted by molar-refractivity contribution is 0.0476. The zero-order valence-corrected chi connectivity index (χ0v) is 19.9. The van der Waals surface area contributed by atoms with Crippen molar-refractivity contribution < 1.29 is 23.6 Å². The summed E-state index contributed by atoms with van der Waals surface area (Å²) in [5, 5.41) is 9.05. The molecule has 1 amide bonds. The van der Waals surface area contributed by atoms with Crippen molar-refractivity contribution >= 4 is 45.8 Å². The Morgan fingerprint density at radius 2 is 1.75 bits per heavy atom. The van der Waals surface area contributed by atoms with Crippen LogP contribution in [0.1, 0.15) is 36.8 Å². The van der Waals surface area contributed by atoms with E-state index in [1.54, 1.807) is 61.5 Å². The van der Waals surface area contributed by atoms with Gasteiger partial charge in [-0.25, -0.2) is 9.78 Å². The van der Waals surface area contributed by atoms with Crippen LogP contribution < -0.4 is 5.32 Å². The molecule has 5 aromatic rings. The first-order valence-corrected chi connectivity index (χ1v) is 11.9. The van der Waals surface area contributed by atoms with Crippen molar-refractivity contribution in [2.24, 2.45) is 0 Å². The van der Waals surface area contributed by atoms with Crippen LogP contribution in [0.2, 0.25) is 0 Å². The van der Waals surface area contributed by atoms with E-state index in [1.807, 2.05) is 23.6 Å². The van der Waals surface area contributed by atoms with Gasteiger partial charge in [-0.1, -0.05) is 29.4 Å². The van der Waals surface area contributed by atoms with Crippen LogP contribution in [0.25, 0.3) is 21.7 Å². The summed E-state index contributed by atoms with van der Waals surface area (Å²) in [5.74, 6) is -1.31. The molecular formula is C27H19N3O5S. The minimum Gasteiger partial charge on any atom is -0.454 e. The van der Waals surface area contributed by atoms with Crippen LogP contribution in [0, 0.1) is 6.92 Å². The van der Waals surface area contributed by atoms with Gasteiger partial charge in [0.05, 0.1) is 27.2 Å². The lowest BCUT2D eigenvalue weighted by Crippen LogP contribution is -2.15. The number of aromatic nitrogens is 2. The van der Waals surface area contributed by atoms with Crippen LogP contribution in [0.5, 0.6) is 0 Å². The molecule has 0 aliphatic heterocycles. The van der Waals surface area contributed by atoms with E-state index in [-0.39, 0.29) is 23.0 Å². The topological polar surface area (TPSA) is 111 Å². The predicted molar refractivity (Wildman–Crippen MR) is 135 cm³/mol. The van der Waals surface area contributed by atoms with E-state index in [4.69, 9.17) is 9.26 Å². The molecule has 2 aromatic carbocycles. The molecule has 5 rings (SSSR count). The molecule has 3 aromatic heterocycles. The number of aryl methyl sites for hydroxylation is 1. The van der Waals surface area contributed by atoms with Gasteiger partial charge in [0.25, 0.3) is 11.6 Å². The van der Waals surface area contributed by atoms with Gasteiger partial charge in [0, 0.05) is 16.8 Å². The van der Waals surface area contributed by atoms with Crippen molar-refractivity contribution in [1.82, 2.24) is 10.1 Å². The van der Waals surface area contributed by atoms with E-state index in [0.717, 1.165) is 4.88 Å². The van der Waals surface area contributed by atoms with Gasteiger partial charge in [0.15, 0.2) is 12.4 Å². The second-order valence-electron chi connectivity index (χ2n) is 7.88. The molecule has 0 aliphatic rings. The predicted octanol–water partition coefficient (Wildman–Crippen LogP) is 5.55. The third kappa shape index (κ3) is 4.77. The Hall–Kier alpha value is -4.63. The van der Waals surface area contributed by atoms with Crippen LogP contribution in [0.3, 0.4) is 0 Å². The van der Waals surface area contributed by atoms with Gasteiger partial charge in [0.1, 0.15) is 0 Å². The summed E-state index contributed by atoms with van der Waals surface area (Å²) in [5.41, 5.74) is 2.93. The fourth-order valence-electron chi connectivity index (χ4n) is 3.63. The molecule has 0 radical (unpaired) electrons. The molecule has 8 nitrogen and oxygen atoms in total. The Bertz CT molecular complexity index is 1560. The first-order chi connectivity index (χ1) is 17.5. The van der Waals surface area contributed by atoms with Gasteiger partial charge in [0.2, 0.25) is 0 Å². The normalized spacial score (nSPS) is 10.8. The fourth-order valence-corrected chi connectivity index (χ4v) is 4.32. The van der Waals surface area contributed by atoms with Crippen molar-refractivity contribution in [3.63, 3.8) is 0 Å². The molecule has 1 N–H and O–H groups in total. The molecule has 0 saturated heterocycles. The number of hydrogen-bond donors (Lipinski definition) is 1. The van der Waals surface area contributed by atoms with E-state index >= 15 is 0 Å². The van der Waals surface area contributed by atoms with E-state index < -0.39 is 12.6 Å². The van der Waals surface area contributed by atoms with E-state index in [1.165, 1.54) is 11.3 Å². The number of thiophene rings is 1. The van der Waals surface area contributed by atoms with E-state index in [0.29, 0.717) is 33.6 Å². The number of nitrogens with one attached hydrogen (secondary N) is 1. The Kier molecular flexibility index (Phi) is 6.38. The first kappa shape index (κ1) is 23.1. The van der Waals surface area contributed by atoms with Gasteiger partial charge >= 0.3 is 5.97 Å². The van der Waals surface area contributed by atoms with Crippen molar-refractivity contribution in [1.29, 1.82) is 0 Å². The number of esters is 1. The SMILES string of the molecule is Cc1noc2nc(-c3cccs3)cc(C(=O)OCC(=O)c3ccc(NC(=O)c4ccccc4)cc3)c12. The molecule has 3 heterocycles. The minimum absolute atomic E-state index is 0.227. The molecular weight excluding hydrogens is 478 g/mol. The van der Waals surface area contributed by atoms with Crippen molar-refractivity contribution in [3.8, 4) is 10.6 Å². The molecule has 0 unspecified atom stereocenters. The third-order valence-electron chi connectivity index (χ3n) is 5.45. The summed E-state index contributed by atoms with van der Waals surface area (Å²) in [6.07, 6.45) is 0. The van der Waals surface area contributed by atoms with Gasteiger partial charge in [-0.2, -0.15) is 0 Å². The summed E-state index contributed by atoms with van der Waals surface area (Å²) in [4.78, 5) is 43.2. The number of amides is 1. The van der Waals surface area contributed by atoms with Crippen molar-refractivity contribution in [3.05, 3.63) is 101 Å². The number of ketones is 1. The van der Waals surface area contributed by atoms with Crippen LogP contribution in [-0.4, -0.2) is 34.4 Å². The van der Waals surface area contributed by atoms with E-state index in [2.05, 4.69) is 15.5 Å². The van der Waals surface area contributed by atoms with Gasteiger partial charge in [-0.05, 0) is 60.8 Å². The van der Waals surface area contributed by atoms with Gasteiger partial charge < -0.3 is 14.6 Å². The largest absolute Gasteiger partial charge is 0.454 e. The zero-order valence-electron chi connectivity index (χ0n) is 19.1. The molecule has 0 saturated carbocycles. The zero-order chi connectivity index (χ0) is 25.1. The van der Waals surface area contributed by atoms with E-state index in [9.17, 15) is 14.4 Å². The lowest BCUT2D eigenvalue weighted by Gasteiger charge is -2.08. The molecule has 0 atom stereocenters. The highest BCUT2D eigenvalue weighted by atomic mass is 32.1. The maximum Gasteiger partial charge on any atom is 0.339 e. The highest BCUT2D eigenvalue weighted by molar-refractivity contribution is 7.13. The number of ether oxygens (including phenoxy) is 1. The Balaban J connectivity index is 1.27. The molecule has 0 bridgehead atoms. The van der Waals surface area contributed by atoms with Crippen molar-refractivity contribution in [2.45, 2.75) is 6.92 Å². The minimum atomic E-state index is -0.674. The molecule has 9 heteroatoms. The number of hydrogen-bond acceptors (Lipinski definition) is 8. The average Bonchev–Trinajstić information content (AvgIpc) is 3.58. The van der Waals surface area contributed by atoms with Gasteiger partial charge in [-0.15, -0.1) is 11.3 Å². The van der Waals surface area contributed by atoms with Crippen LogP contribution in [-0.2, 0) is 4.74 Å². The number of Topliss-reactive ketones (excluding diaryl/α,β-unsaturated/α-hetero) is 1. The number of pyridine rings is 1. The second kappa shape index (κ2) is 9.93. The fraction of sp³-hybridized carbons (Fsp3) is 0.0741. The smallest absolute Gasteiger partial charge is 0.339 e. The summed E-state index contributed by atoms with van der Waals surface area (Å²) in [6.45, 7) is 1.26. The van der Waals surface area contributed by atoms with Crippen LogP contribution in [0.15, 0.2) is 82.7 Å². The number of rotatable bonds is 7. The quantitative estimate of drug-likeness (QED) is 0.232. The monoisotopic (exact) mass is 497 g/mol. The van der Waals surface area contributed by atoms with Crippen LogP contribution in [0.4, 0.5) is 5.69 Å². The van der Waals surface area contributed by atoms with Crippen molar-refractivity contribution in [2.75, 3.05) is 11.9 Å². The number of fused-ring (bicyclic) bond motifs is 1. The molecule has 0 spiro atoms.